The highest BCUT2D eigenvalue weighted by molar-refractivity contribution is 5.55. The van der Waals surface area contributed by atoms with Gasteiger partial charge in [-0.1, -0.05) is 12.1 Å². The molecule has 2 fully saturated rings. The lowest BCUT2D eigenvalue weighted by Crippen LogP contribution is -2.34. The van der Waals surface area contributed by atoms with Gasteiger partial charge in [-0.3, -0.25) is 0 Å². The standard InChI is InChI=1S/C42H50O16/c1-49-29-11-21(7-9-27(29)43)37(45)35-19-57-41(23-13-31(51-3)39(47)32(14-23)52-4)25(17-55-35)26-18-56-36(38(46)22-8-10-28(44)30(12-22)50-2)20-58-42(26)24-15-33(53-5)40(48)34(16-24)54-6/h7-16,25-26,35-38,41-48H,17-20H2,1-6H3/t25-,26+,35-,36+,37-,38-,41+,42-/m0/s1. The Morgan fingerprint density at radius 1 is 0.448 bits per heavy atom. The number of phenols is 4. The zero-order chi connectivity index (χ0) is 41.7. The molecular formula is C42H50O16. The van der Waals surface area contributed by atoms with Crippen molar-refractivity contribution in [1.29, 1.82) is 0 Å². The zero-order valence-electron chi connectivity index (χ0n) is 33.0. The number of phenolic OH excluding ortho intramolecular Hbond substituents is 4. The Morgan fingerprint density at radius 2 is 0.776 bits per heavy atom. The summed E-state index contributed by atoms with van der Waals surface area (Å²) in [4.78, 5) is 0. The first-order valence-corrected chi connectivity index (χ1v) is 18.4. The van der Waals surface area contributed by atoms with E-state index in [1.165, 1.54) is 66.9 Å². The molecule has 0 radical (unpaired) electrons. The Hall–Kier alpha value is -5.36. The average Bonchev–Trinajstić information content (AvgIpc) is 3.61. The summed E-state index contributed by atoms with van der Waals surface area (Å²) in [6.07, 6.45) is -5.94. The van der Waals surface area contributed by atoms with Crippen LogP contribution >= 0.6 is 0 Å². The van der Waals surface area contributed by atoms with Crippen LogP contribution in [0.15, 0.2) is 60.7 Å². The summed E-state index contributed by atoms with van der Waals surface area (Å²) >= 11 is 0. The maximum Gasteiger partial charge on any atom is 0.200 e. The van der Waals surface area contributed by atoms with E-state index in [0.29, 0.717) is 22.3 Å². The van der Waals surface area contributed by atoms with Crippen LogP contribution in [0.1, 0.15) is 46.7 Å². The van der Waals surface area contributed by atoms with Gasteiger partial charge < -0.3 is 78.0 Å². The third-order valence-electron chi connectivity index (χ3n) is 10.7. The highest BCUT2D eigenvalue weighted by Gasteiger charge is 2.45. The molecule has 16 heteroatoms. The molecule has 4 aromatic carbocycles. The van der Waals surface area contributed by atoms with E-state index in [1.54, 1.807) is 36.4 Å². The number of methoxy groups -OCH3 is 6. The topological polar surface area (TPSA) is 214 Å². The maximum atomic E-state index is 11.6. The van der Waals surface area contributed by atoms with Crippen molar-refractivity contribution in [2.75, 3.05) is 69.1 Å². The first-order chi connectivity index (χ1) is 28.0. The second-order valence-electron chi connectivity index (χ2n) is 13.9. The molecule has 2 heterocycles. The SMILES string of the molecule is COc1cc([C@H](O)[C@@H]2CO[C@H](c3cc(OC)c(O)c(OC)c3)[C@H]([C@H]3CO[C@@H]([C@@H](O)c4ccc(O)c(OC)c4)CO[C@H]3c3cc(OC)c(O)c(OC)c3)CO2)ccc1O. The van der Waals surface area contributed by atoms with E-state index in [-0.39, 0.29) is 83.9 Å². The lowest BCUT2D eigenvalue weighted by Gasteiger charge is -2.35. The minimum atomic E-state index is -1.22. The first-order valence-electron chi connectivity index (χ1n) is 18.4. The van der Waals surface area contributed by atoms with Crippen LogP contribution in [0.2, 0.25) is 0 Å². The molecule has 0 bridgehead atoms. The number of hydrogen-bond acceptors (Lipinski definition) is 16. The van der Waals surface area contributed by atoms with E-state index in [9.17, 15) is 30.6 Å². The molecule has 16 nitrogen and oxygen atoms in total. The summed E-state index contributed by atoms with van der Waals surface area (Å²) < 4.78 is 59.0. The molecule has 0 aromatic heterocycles. The highest BCUT2D eigenvalue weighted by atomic mass is 16.6. The molecule has 6 N–H and O–H groups in total. The van der Waals surface area contributed by atoms with Crippen LogP contribution in [0.25, 0.3) is 0 Å². The van der Waals surface area contributed by atoms with Gasteiger partial charge in [0.1, 0.15) is 24.4 Å². The van der Waals surface area contributed by atoms with E-state index in [0.717, 1.165) is 0 Å². The molecule has 6 rings (SSSR count). The molecule has 0 aliphatic carbocycles. The van der Waals surface area contributed by atoms with Crippen LogP contribution in [-0.4, -0.2) is 112 Å². The molecule has 2 saturated heterocycles. The van der Waals surface area contributed by atoms with Gasteiger partial charge in [0.05, 0.1) is 81.3 Å². The predicted octanol–water partition coefficient (Wildman–Crippen LogP) is 4.87. The lowest BCUT2D eigenvalue weighted by atomic mass is 9.79. The Labute approximate surface area is 335 Å². The van der Waals surface area contributed by atoms with Crippen LogP contribution in [0.5, 0.6) is 57.5 Å². The highest BCUT2D eigenvalue weighted by Crippen LogP contribution is 2.49. The summed E-state index contributed by atoms with van der Waals surface area (Å²) in [7, 11) is 8.46. The Morgan fingerprint density at radius 3 is 1.09 bits per heavy atom. The second kappa shape index (κ2) is 18.5. The fourth-order valence-corrected chi connectivity index (χ4v) is 7.47. The van der Waals surface area contributed by atoms with Crippen LogP contribution in [0.4, 0.5) is 0 Å². The van der Waals surface area contributed by atoms with Crippen molar-refractivity contribution >= 4 is 0 Å². The number of aliphatic hydroxyl groups is 2. The summed E-state index contributed by atoms with van der Waals surface area (Å²) in [6.45, 7) is -0.284. The van der Waals surface area contributed by atoms with Crippen LogP contribution in [0, 0.1) is 11.8 Å². The van der Waals surface area contributed by atoms with Crippen LogP contribution < -0.4 is 28.4 Å². The summed E-state index contributed by atoms with van der Waals surface area (Å²) in [5.74, 6) is -1.07. The molecule has 58 heavy (non-hydrogen) atoms. The fourth-order valence-electron chi connectivity index (χ4n) is 7.47. The average molecular weight is 811 g/mol. The van der Waals surface area contributed by atoms with Gasteiger partial charge >= 0.3 is 0 Å². The van der Waals surface area contributed by atoms with Crippen molar-refractivity contribution < 1.29 is 78.0 Å². The van der Waals surface area contributed by atoms with Gasteiger partial charge in [-0.2, -0.15) is 0 Å². The van der Waals surface area contributed by atoms with Crippen molar-refractivity contribution in [2.45, 2.75) is 36.6 Å². The number of ether oxygens (including phenoxy) is 10. The monoisotopic (exact) mass is 810 g/mol. The van der Waals surface area contributed by atoms with Gasteiger partial charge in [-0.15, -0.1) is 0 Å². The number of rotatable bonds is 13. The fraction of sp³-hybridized carbons (Fsp3) is 0.429. The molecule has 2 aliphatic heterocycles. The van der Waals surface area contributed by atoms with Gasteiger partial charge in [-0.05, 0) is 70.8 Å². The quantitative estimate of drug-likeness (QED) is 0.106. The maximum absolute atomic E-state index is 11.6. The minimum absolute atomic E-state index is 0.0320. The number of benzene rings is 4. The molecule has 4 aromatic rings. The third-order valence-corrected chi connectivity index (χ3v) is 10.7. The summed E-state index contributed by atoms with van der Waals surface area (Å²) in [6, 6.07) is 15.5. The Bertz CT molecular complexity index is 1830. The minimum Gasteiger partial charge on any atom is -0.504 e. The van der Waals surface area contributed by atoms with Gasteiger partial charge in [0.25, 0.3) is 0 Å². The largest absolute Gasteiger partial charge is 0.504 e. The Kier molecular flexibility index (Phi) is 13.5. The van der Waals surface area contributed by atoms with Gasteiger partial charge in [0.15, 0.2) is 46.0 Å². The number of aromatic hydroxyl groups is 4. The van der Waals surface area contributed by atoms with Gasteiger partial charge in [0.2, 0.25) is 11.5 Å². The predicted molar refractivity (Wildman–Crippen MR) is 206 cm³/mol. The van der Waals surface area contributed by atoms with E-state index < -0.39 is 48.5 Å². The van der Waals surface area contributed by atoms with Crippen LogP contribution in [0.3, 0.4) is 0 Å². The van der Waals surface area contributed by atoms with Crippen molar-refractivity contribution in [1.82, 2.24) is 0 Å². The molecule has 2 aliphatic rings. The van der Waals surface area contributed by atoms with Gasteiger partial charge in [0, 0.05) is 11.8 Å². The lowest BCUT2D eigenvalue weighted by molar-refractivity contribution is -0.0655. The number of hydrogen-bond donors (Lipinski definition) is 6. The van der Waals surface area contributed by atoms with Gasteiger partial charge in [-0.25, -0.2) is 0 Å². The van der Waals surface area contributed by atoms with E-state index in [1.807, 2.05) is 0 Å². The smallest absolute Gasteiger partial charge is 0.200 e. The molecule has 0 amide bonds. The summed E-state index contributed by atoms with van der Waals surface area (Å²) in [5, 5.41) is 65.4. The Balaban J connectivity index is 1.45. The molecular weight excluding hydrogens is 760 g/mol. The molecule has 0 spiro atoms. The van der Waals surface area contributed by atoms with Crippen molar-refractivity contribution in [2.24, 2.45) is 11.8 Å². The zero-order valence-corrected chi connectivity index (χ0v) is 33.0. The second-order valence-corrected chi connectivity index (χ2v) is 13.9. The van der Waals surface area contributed by atoms with E-state index in [2.05, 4.69) is 0 Å². The molecule has 0 saturated carbocycles. The normalized spacial score (nSPS) is 23.4. The van der Waals surface area contributed by atoms with E-state index in [4.69, 9.17) is 47.4 Å². The van der Waals surface area contributed by atoms with Crippen molar-refractivity contribution in [3.05, 3.63) is 82.9 Å². The first kappa shape index (κ1) is 42.3. The molecule has 0 unspecified atom stereocenters. The molecule has 8 atom stereocenters. The van der Waals surface area contributed by atoms with Crippen LogP contribution in [-0.2, 0) is 18.9 Å². The third kappa shape index (κ3) is 8.57. The van der Waals surface area contributed by atoms with Crippen molar-refractivity contribution in [3.8, 4) is 57.5 Å². The van der Waals surface area contributed by atoms with Crippen molar-refractivity contribution in [3.63, 3.8) is 0 Å². The molecule has 314 valence electrons. The summed E-state index contributed by atoms with van der Waals surface area (Å²) in [5.41, 5.74) is 1.91. The van der Waals surface area contributed by atoms with E-state index >= 15 is 0 Å². The number of aliphatic hydroxyl groups excluding tert-OH is 2.